The molecule has 4 heterocycles. The number of aliphatic hydroxyl groups is 1. The number of hydrogen-bond acceptors (Lipinski definition) is 7. The molecule has 222 valence electrons. The Kier molecular flexibility index (Phi) is 7.33. The molecule has 11 heteroatoms. The predicted octanol–water partition coefficient (Wildman–Crippen LogP) is 3.39. The van der Waals surface area contributed by atoms with Crippen LogP contribution in [-0.2, 0) is 26.5 Å². The molecule has 3 aliphatic heterocycles. The molecule has 2 N–H and O–H groups in total. The van der Waals surface area contributed by atoms with Crippen LogP contribution in [0.4, 0.5) is 11.4 Å². The molecule has 0 bridgehead atoms. The molecule has 2 fully saturated rings. The summed E-state index contributed by atoms with van der Waals surface area (Å²) in [7, 11) is -1.04. The minimum atomic E-state index is -2.81. The monoisotopic (exact) mass is 589 g/mol. The lowest BCUT2D eigenvalue weighted by Gasteiger charge is -2.32. The number of benzene rings is 2. The van der Waals surface area contributed by atoms with Gasteiger partial charge in [0, 0.05) is 55.5 Å². The summed E-state index contributed by atoms with van der Waals surface area (Å²) in [6, 6.07) is 15.5. The summed E-state index contributed by atoms with van der Waals surface area (Å²) in [6.07, 6.45) is 3.33. The highest BCUT2D eigenvalue weighted by Gasteiger charge is 2.65. The van der Waals surface area contributed by atoms with Gasteiger partial charge in [-0.15, -0.1) is 5.10 Å². The van der Waals surface area contributed by atoms with Crippen LogP contribution in [0.15, 0.2) is 54.7 Å². The molecule has 1 aromatic heterocycles. The number of likely N-dealkylation sites (N-methyl/N-ethyl adjacent to an activating group) is 1. The van der Waals surface area contributed by atoms with E-state index in [9.17, 15) is 19.5 Å². The van der Waals surface area contributed by atoms with Crippen molar-refractivity contribution in [2.45, 2.75) is 69.0 Å². The third-order valence-electron chi connectivity index (χ3n) is 9.42. The minimum absolute atomic E-state index is 0.0824. The fraction of sp³-hybridized carbons (Fsp3) is 0.484. The predicted molar refractivity (Wildman–Crippen MR) is 161 cm³/mol. The number of ether oxygens (including phenoxy) is 1. The fourth-order valence-electron chi connectivity index (χ4n) is 7.43. The van der Waals surface area contributed by atoms with E-state index in [0.29, 0.717) is 31.6 Å². The summed E-state index contributed by atoms with van der Waals surface area (Å²) in [5.74, 6) is -0.609. The van der Waals surface area contributed by atoms with Gasteiger partial charge < -0.3 is 24.4 Å². The van der Waals surface area contributed by atoms with Crippen molar-refractivity contribution in [3.63, 3.8) is 0 Å². The Morgan fingerprint density at radius 3 is 2.60 bits per heavy atom. The summed E-state index contributed by atoms with van der Waals surface area (Å²) in [4.78, 5) is 41.5. The van der Waals surface area contributed by atoms with E-state index in [2.05, 4.69) is 10.3 Å². The molecule has 3 aliphatic rings. The number of aryl methyl sites for hydroxylation is 1. The Morgan fingerprint density at radius 1 is 1.17 bits per heavy atom. The third kappa shape index (κ3) is 4.59. The number of anilines is 2. The van der Waals surface area contributed by atoms with Crippen LogP contribution in [0, 0.1) is 5.92 Å². The van der Waals surface area contributed by atoms with E-state index in [0.717, 1.165) is 28.9 Å². The molecule has 0 aliphatic carbocycles. The second-order valence-electron chi connectivity index (χ2n) is 12.4. The quantitative estimate of drug-likeness (QED) is 0.387. The van der Waals surface area contributed by atoms with Gasteiger partial charge in [-0.2, -0.15) is 0 Å². The van der Waals surface area contributed by atoms with Crippen LogP contribution >= 0.6 is 0 Å². The Balaban J connectivity index is 1.29. The molecule has 1 spiro atoms. The SMILES string of the molecule is C[C@@H]1[C@@H]([Si](C)(C)O)[C@H](CCn2cc(C(CO)c3ccccc3)nn2)O[C@@]12C(=O)N(C)c1ccc(N3CCCC3=O)cc12. The Labute approximate surface area is 247 Å². The van der Waals surface area contributed by atoms with Crippen LogP contribution in [0.5, 0.6) is 0 Å². The Bertz CT molecular complexity index is 1490. The average Bonchev–Trinajstić information content (AvgIpc) is 3.72. The van der Waals surface area contributed by atoms with Crippen molar-refractivity contribution in [3.05, 3.63) is 71.5 Å². The summed E-state index contributed by atoms with van der Waals surface area (Å²) in [5.41, 5.74) is 2.51. The zero-order valence-corrected chi connectivity index (χ0v) is 25.6. The van der Waals surface area contributed by atoms with Crippen molar-refractivity contribution in [3.8, 4) is 0 Å². The van der Waals surface area contributed by atoms with E-state index in [1.54, 1.807) is 21.5 Å². The standard InChI is InChI=1S/C31H39N5O5Si/c1-20-29(42(3,4)40)27(14-16-35-18-25(32-33-35)23(19-37)21-9-6-5-7-10-21)41-31(20)24-17-22(36-15-8-11-28(36)38)12-13-26(24)34(2)30(31)39/h5-7,9-10,12-13,17-18,20,23,27,29,37,40H,8,11,14-16,19H2,1-4H3/t20-,23?,27+,29-,31+/m1/s1. The molecule has 2 saturated heterocycles. The van der Waals surface area contributed by atoms with Crippen molar-refractivity contribution >= 4 is 31.5 Å². The van der Waals surface area contributed by atoms with Gasteiger partial charge >= 0.3 is 0 Å². The number of amides is 2. The van der Waals surface area contributed by atoms with Gasteiger partial charge in [0.1, 0.15) is 0 Å². The van der Waals surface area contributed by atoms with E-state index >= 15 is 0 Å². The topological polar surface area (TPSA) is 121 Å². The summed E-state index contributed by atoms with van der Waals surface area (Å²) >= 11 is 0. The third-order valence-corrected chi connectivity index (χ3v) is 11.9. The molecular weight excluding hydrogens is 550 g/mol. The molecule has 3 aromatic rings. The smallest absolute Gasteiger partial charge is 0.264 e. The number of hydrogen-bond donors (Lipinski definition) is 2. The molecule has 42 heavy (non-hydrogen) atoms. The summed E-state index contributed by atoms with van der Waals surface area (Å²) in [6.45, 7) is 6.89. The maximum atomic E-state index is 14.0. The molecule has 5 atom stereocenters. The minimum Gasteiger partial charge on any atom is -0.432 e. The van der Waals surface area contributed by atoms with Crippen LogP contribution in [0.25, 0.3) is 0 Å². The molecule has 0 radical (unpaired) electrons. The molecule has 2 amide bonds. The first kappa shape index (κ1) is 28.7. The molecular formula is C31H39N5O5Si. The highest BCUT2D eigenvalue weighted by molar-refractivity contribution is 6.71. The van der Waals surface area contributed by atoms with E-state index < -0.39 is 13.9 Å². The highest BCUT2D eigenvalue weighted by Crippen LogP contribution is 2.59. The van der Waals surface area contributed by atoms with Crippen LogP contribution < -0.4 is 9.80 Å². The van der Waals surface area contributed by atoms with Gasteiger partial charge in [0.2, 0.25) is 5.91 Å². The number of nitrogens with zero attached hydrogens (tertiary/aromatic N) is 5. The van der Waals surface area contributed by atoms with Crippen LogP contribution in [0.3, 0.4) is 0 Å². The maximum Gasteiger partial charge on any atom is 0.264 e. The zero-order valence-electron chi connectivity index (χ0n) is 24.6. The van der Waals surface area contributed by atoms with Crippen LogP contribution in [-0.4, -0.2) is 71.3 Å². The molecule has 1 unspecified atom stereocenters. The van der Waals surface area contributed by atoms with Gasteiger partial charge in [-0.25, -0.2) is 0 Å². The number of aromatic nitrogens is 3. The molecule has 10 nitrogen and oxygen atoms in total. The zero-order chi connectivity index (χ0) is 29.8. The van der Waals surface area contributed by atoms with Gasteiger partial charge in [-0.3, -0.25) is 14.3 Å². The van der Waals surface area contributed by atoms with Gasteiger partial charge in [0.05, 0.1) is 30.0 Å². The Hall–Kier alpha value is -3.38. The van der Waals surface area contributed by atoms with Crippen molar-refractivity contribution < 1.29 is 24.2 Å². The Morgan fingerprint density at radius 2 is 1.93 bits per heavy atom. The lowest BCUT2D eigenvalue weighted by atomic mass is 9.82. The largest absolute Gasteiger partial charge is 0.432 e. The second-order valence-corrected chi connectivity index (χ2v) is 16.4. The van der Waals surface area contributed by atoms with Crippen molar-refractivity contribution in [2.24, 2.45) is 5.92 Å². The van der Waals surface area contributed by atoms with Crippen molar-refractivity contribution in [1.29, 1.82) is 0 Å². The van der Waals surface area contributed by atoms with Crippen LogP contribution in [0.2, 0.25) is 18.6 Å². The maximum absolute atomic E-state index is 14.0. The van der Waals surface area contributed by atoms with Crippen molar-refractivity contribution in [2.75, 3.05) is 30.0 Å². The highest BCUT2D eigenvalue weighted by atomic mass is 28.4. The van der Waals surface area contributed by atoms with E-state index in [1.165, 1.54) is 0 Å². The first-order valence-electron chi connectivity index (χ1n) is 14.7. The van der Waals surface area contributed by atoms with E-state index in [-0.39, 0.29) is 41.9 Å². The lowest BCUT2D eigenvalue weighted by molar-refractivity contribution is -0.145. The number of carbonyl (C=O) groups excluding carboxylic acids is 2. The van der Waals surface area contributed by atoms with Gasteiger partial charge in [0.25, 0.3) is 5.91 Å². The van der Waals surface area contributed by atoms with Gasteiger partial charge in [-0.1, -0.05) is 42.5 Å². The number of rotatable bonds is 8. The summed E-state index contributed by atoms with van der Waals surface area (Å²) < 4.78 is 8.61. The average molecular weight is 590 g/mol. The lowest BCUT2D eigenvalue weighted by Crippen LogP contribution is -2.45. The number of fused-ring (bicyclic) bond motifs is 2. The normalized spacial score (nSPS) is 26.5. The first-order valence-corrected chi connectivity index (χ1v) is 17.8. The van der Waals surface area contributed by atoms with Crippen LogP contribution in [0.1, 0.15) is 48.9 Å². The fourth-order valence-corrected chi connectivity index (χ4v) is 10.0. The van der Waals surface area contributed by atoms with Gasteiger partial charge in [-0.05, 0) is 49.7 Å². The van der Waals surface area contributed by atoms with Gasteiger partial charge in [0.15, 0.2) is 13.9 Å². The molecule has 2 aromatic carbocycles. The number of carbonyl (C=O) groups is 2. The molecule has 6 rings (SSSR count). The first-order chi connectivity index (χ1) is 20.1. The molecule has 0 saturated carbocycles. The van der Waals surface area contributed by atoms with Crippen molar-refractivity contribution in [1.82, 2.24) is 15.0 Å². The summed E-state index contributed by atoms with van der Waals surface area (Å²) in [5, 5.41) is 18.7. The second kappa shape index (κ2) is 10.7. The van der Waals surface area contributed by atoms with E-state index in [4.69, 9.17) is 4.74 Å². The number of aliphatic hydroxyl groups excluding tert-OH is 1. The van der Waals surface area contributed by atoms with E-state index in [1.807, 2.05) is 74.7 Å².